The highest BCUT2D eigenvalue weighted by molar-refractivity contribution is 5.94. The number of hydrogen-bond donors (Lipinski definition) is 0. The van der Waals surface area contributed by atoms with Gasteiger partial charge in [0.05, 0.1) is 5.56 Å². The number of piperazine rings is 1. The molecule has 3 rings (SSSR count). The Morgan fingerprint density at radius 2 is 1.65 bits per heavy atom. The normalized spacial score (nSPS) is 14.9. The fourth-order valence-electron chi connectivity index (χ4n) is 3.07. The first kappa shape index (κ1) is 15.5. The van der Waals surface area contributed by atoms with E-state index in [0.29, 0.717) is 13.1 Å². The Kier molecular flexibility index (Phi) is 4.60. The monoisotopic (exact) mass is 312 g/mol. The molecule has 3 nitrogen and oxygen atoms in total. The second-order valence-electron chi connectivity index (χ2n) is 5.74. The van der Waals surface area contributed by atoms with E-state index in [4.69, 9.17) is 0 Å². The number of benzene rings is 2. The molecule has 2 aromatic rings. The van der Waals surface area contributed by atoms with Gasteiger partial charge in [-0.3, -0.25) is 4.79 Å². The van der Waals surface area contributed by atoms with Gasteiger partial charge in [-0.05, 0) is 30.2 Å². The zero-order valence-corrected chi connectivity index (χ0v) is 13.3. The summed E-state index contributed by atoms with van der Waals surface area (Å²) in [5, 5.41) is 0. The first-order chi connectivity index (χ1) is 11.2. The predicted molar refractivity (Wildman–Crippen MR) is 90.3 cm³/mol. The molecule has 1 aliphatic heterocycles. The molecule has 1 heterocycles. The summed E-state index contributed by atoms with van der Waals surface area (Å²) in [6, 6.07) is 14.6. The summed E-state index contributed by atoms with van der Waals surface area (Å²) in [5.74, 6) is -0.664. The number of para-hydroxylation sites is 1. The van der Waals surface area contributed by atoms with Crippen molar-refractivity contribution in [2.45, 2.75) is 13.3 Å². The molecule has 2 aromatic carbocycles. The molecule has 0 N–H and O–H groups in total. The highest BCUT2D eigenvalue weighted by atomic mass is 19.1. The second-order valence-corrected chi connectivity index (χ2v) is 5.74. The Morgan fingerprint density at radius 3 is 2.35 bits per heavy atom. The van der Waals surface area contributed by atoms with Gasteiger partial charge in [0.2, 0.25) is 0 Å². The highest BCUT2D eigenvalue weighted by Gasteiger charge is 2.24. The molecule has 0 aliphatic carbocycles. The van der Waals surface area contributed by atoms with Crippen LogP contribution in [0.4, 0.5) is 10.1 Å². The van der Waals surface area contributed by atoms with Gasteiger partial charge in [0.1, 0.15) is 5.82 Å². The van der Waals surface area contributed by atoms with Crippen LogP contribution in [0, 0.1) is 5.82 Å². The van der Waals surface area contributed by atoms with E-state index in [1.807, 2.05) is 6.07 Å². The summed E-state index contributed by atoms with van der Waals surface area (Å²) >= 11 is 0. The predicted octanol–water partition coefficient (Wildman–Crippen LogP) is 3.35. The van der Waals surface area contributed by atoms with Crippen molar-refractivity contribution in [1.29, 1.82) is 0 Å². The maximum absolute atomic E-state index is 13.8. The molecule has 1 amide bonds. The number of carbonyl (C=O) groups excluding carboxylic acids is 1. The van der Waals surface area contributed by atoms with E-state index in [2.05, 4.69) is 30.0 Å². The van der Waals surface area contributed by atoms with E-state index in [0.717, 1.165) is 19.5 Å². The average Bonchev–Trinajstić information content (AvgIpc) is 2.61. The van der Waals surface area contributed by atoms with Crippen molar-refractivity contribution in [1.82, 2.24) is 4.90 Å². The molecule has 0 aromatic heterocycles. The third kappa shape index (κ3) is 3.21. The van der Waals surface area contributed by atoms with Crippen LogP contribution in [0.25, 0.3) is 0 Å². The molecular weight excluding hydrogens is 291 g/mol. The lowest BCUT2D eigenvalue weighted by molar-refractivity contribution is 0.0742. The molecule has 0 saturated carbocycles. The van der Waals surface area contributed by atoms with E-state index in [-0.39, 0.29) is 11.5 Å². The molecule has 1 aliphatic rings. The lowest BCUT2D eigenvalue weighted by Crippen LogP contribution is -2.49. The van der Waals surface area contributed by atoms with Gasteiger partial charge in [-0.1, -0.05) is 37.3 Å². The number of rotatable bonds is 3. The number of nitrogens with zero attached hydrogens (tertiary/aromatic N) is 2. The van der Waals surface area contributed by atoms with Crippen LogP contribution in [0.2, 0.25) is 0 Å². The fourth-order valence-corrected chi connectivity index (χ4v) is 3.07. The Hall–Kier alpha value is -2.36. The van der Waals surface area contributed by atoms with Crippen molar-refractivity contribution in [2.24, 2.45) is 0 Å². The molecule has 0 spiro atoms. The lowest BCUT2D eigenvalue weighted by Gasteiger charge is -2.37. The van der Waals surface area contributed by atoms with Gasteiger partial charge in [0.25, 0.3) is 5.91 Å². The lowest BCUT2D eigenvalue weighted by atomic mass is 10.1. The maximum atomic E-state index is 13.8. The van der Waals surface area contributed by atoms with Crippen molar-refractivity contribution < 1.29 is 9.18 Å². The van der Waals surface area contributed by atoms with Crippen LogP contribution in [0.15, 0.2) is 48.5 Å². The maximum Gasteiger partial charge on any atom is 0.256 e. The molecule has 120 valence electrons. The van der Waals surface area contributed by atoms with Gasteiger partial charge in [0, 0.05) is 31.9 Å². The number of hydrogen-bond acceptors (Lipinski definition) is 2. The van der Waals surface area contributed by atoms with E-state index in [9.17, 15) is 9.18 Å². The minimum atomic E-state index is -0.448. The van der Waals surface area contributed by atoms with Gasteiger partial charge in [-0.15, -0.1) is 0 Å². The fraction of sp³-hybridized carbons (Fsp3) is 0.316. The Bertz CT molecular complexity index is 693. The van der Waals surface area contributed by atoms with Gasteiger partial charge >= 0.3 is 0 Å². The van der Waals surface area contributed by atoms with Crippen molar-refractivity contribution in [2.75, 3.05) is 31.1 Å². The van der Waals surface area contributed by atoms with Crippen molar-refractivity contribution in [3.8, 4) is 0 Å². The summed E-state index contributed by atoms with van der Waals surface area (Å²) in [4.78, 5) is 16.5. The van der Waals surface area contributed by atoms with Crippen LogP contribution in [0.1, 0.15) is 22.8 Å². The molecule has 0 unspecified atom stereocenters. The summed E-state index contributed by atoms with van der Waals surface area (Å²) in [6.45, 7) is 4.93. The van der Waals surface area contributed by atoms with Crippen molar-refractivity contribution >= 4 is 11.6 Å². The summed E-state index contributed by atoms with van der Waals surface area (Å²) in [7, 11) is 0. The van der Waals surface area contributed by atoms with Gasteiger partial charge in [-0.25, -0.2) is 4.39 Å². The minimum Gasteiger partial charge on any atom is -0.368 e. The minimum absolute atomic E-state index is 0.162. The van der Waals surface area contributed by atoms with E-state index < -0.39 is 5.82 Å². The van der Waals surface area contributed by atoms with Crippen LogP contribution in [-0.4, -0.2) is 37.0 Å². The van der Waals surface area contributed by atoms with Crippen molar-refractivity contribution in [3.63, 3.8) is 0 Å². The van der Waals surface area contributed by atoms with E-state index >= 15 is 0 Å². The van der Waals surface area contributed by atoms with Gasteiger partial charge in [0.15, 0.2) is 0 Å². The zero-order valence-electron chi connectivity index (χ0n) is 13.3. The Labute approximate surface area is 136 Å². The van der Waals surface area contributed by atoms with Gasteiger partial charge < -0.3 is 9.80 Å². The number of amides is 1. The second kappa shape index (κ2) is 6.82. The number of anilines is 1. The van der Waals surface area contributed by atoms with Crippen LogP contribution in [0.3, 0.4) is 0 Å². The third-order valence-corrected chi connectivity index (χ3v) is 4.38. The Morgan fingerprint density at radius 1 is 1.00 bits per heavy atom. The molecule has 1 fully saturated rings. The highest BCUT2D eigenvalue weighted by Crippen LogP contribution is 2.23. The smallest absolute Gasteiger partial charge is 0.256 e. The summed E-state index contributed by atoms with van der Waals surface area (Å²) in [6.07, 6.45) is 0.991. The standard InChI is InChI=1S/C19H21FN2O/c1-2-15-7-3-6-10-18(15)21-11-13-22(14-12-21)19(23)16-8-4-5-9-17(16)20/h3-10H,2,11-14H2,1H3. The number of aryl methyl sites for hydroxylation is 1. The molecule has 4 heteroatoms. The van der Waals surface area contributed by atoms with Gasteiger partial charge in [-0.2, -0.15) is 0 Å². The first-order valence-electron chi connectivity index (χ1n) is 8.07. The average molecular weight is 312 g/mol. The topological polar surface area (TPSA) is 23.6 Å². The first-order valence-corrected chi connectivity index (χ1v) is 8.07. The molecule has 23 heavy (non-hydrogen) atoms. The van der Waals surface area contributed by atoms with E-state index in [1.165, 1.54) is 17.3 Å². The molecule has 0 bridgehead atoms. The van der Waals surface area contributed by atoms with Crippen molar-refractivity contribution in [3.05, 3.63) is 65.5 Å². The number of halogens is 1. The van der Waals surface area contributed by atoms with Crippen LogP contribution < -0.4 is 4.90 Å². The summed E-state index contributed by atoms with van der Waals surface area (Å²) < 4.78 is 13.8. The zero-order chi connectivity index (χ0) is 16.2. The number of carbonyl (C=O) groups is 1. The SMILES string of the molecule is CCc1ccccc1N1CCN(C(=O)c2ccccc2F)CC1. The summed E-state index contributed by atoms with van der Waals surface area (Å²) in [5.41, 5.74) is 2.73. The van der Waals surface area contributed by atoms with Crippen LogP contribution in [0.5, 0.6) is 0 Å². The van der Waals surface area contributed by atoms with Crippen LogP contribution >= 0.6 is 0 Å². The largest absolute Gasteiger partial charge is 0.368 e. The molecular formula is C19H21FN2O. The van der Waals surface area contributed by atoms with Crippen LogP contribution in [-0.2, 0) is 6.42 Å². The van der Waals surface area contributed by atoms with E-state index in [1.54, 1.807) is 23.1 Å². The molecule has 1 saturated heterocycles. The molecule has 0 radical (unpaired) electrons. The molecule has 0 atom stereocenters. The quantitative estimate of drug-likeness (QED) is 0.868. The Balaban J connectivity index is 1.69. The third-order valence-electron chi connectivity index (χ3n) is 4.38.